The Morgan fingerprint density at radius 3 is 2.70 bits per heavy atom. The van der Waals surface area contributed by atoms with Crippen molar-refractivity contribution >= 4 is 17.4 Å². The highest BCUT2D eigenvalue weighted by Crippen LogP contribution is 2.46. The lowest BCUT2D eigenvalue weighted by atomic mass is 9.72. The van der Waals surface area contributed by atoms with Crippen molar-refractivity contribution in [3.05, 3.63) is 63.9 Å². The zero-order valence-electron chi connectivity index (χ0n) is 14.2. The van der Waals surface area contributed by atoms with E-state index in [1.165, 1.54) is 24.4 Å². The Morgan fingerprint density at radius 2 is 2.00 bits per heavy atom. The molecule has 1 aliphatic rings. The van der Waals surface area contributed by atoms with Crippen LogP contribution in [0.25, 0.3) is 0 Å². The van der Waals surface area contributed by atoms with Gasteiger partial charge in [-0.2, -0.15) is 0 Å². The third-order valence-electron chi connectivity index (χ3n) is 5.00. The lowest BCUT2D eigenvalue weighted by molar-refractivity contribution is -0.135. The molecule has 27 heavy (non-hydrogen) atoms. The normalized spacial score (nSPS) is 24.5. The molecule has 4 nitrogen and oxygen atoms in total. The van der Waals surface area contributed by atoms with E-state index in [9.17, 15) is 23.8 Å². The van der Waals surface area contributed by atoms with Crippen LogP contribution in [0.4, 0.5) is 13.2 Å². The van der Waals surface area contributed by atoms with Crippen LogP contribution in [0.1, 0.15) is 36.1 Å². The third kappa shape index (κ3) is 3.35. The van der Waals surface area contributed by atoms with Gasteiger partial charge in [-0.15, -0.1) is 0 Å². The zero-order chi connectivity index (χ0) is 19.8. The van der Waals surface area contributed by atoms with Crippen molar-refractivity contribution in [3.63, 3.8) is 0 Å². The molecule has 3 rings (SSSR count). The maximum absolute atomic E-state index is 15.6. The van der Waals surface area contributed by atoms with Gasteiger partial charge in [-0.3, -0.25) is 9.78 Å². The largest absolute Gasteiger partial charge is 0.393 e. The molecule has 2 atom stereocenters. The van der Waals surface area contributed by atoms with E-state index < -0.39 is 40.3 Å². The Balaban J connectivity index is 1.87. The molecule has 2 N–H and O–H groups in total. The average molecular weight is 400 g/mol. The van der Waals surface area contributed by atoms with Crippen LogP contribution in [0.2, 0.25) is 5.02 Å². The maximum atomic E-state index is 15.6. The predicted octanol–water partition coefficient (Wildman–Crippen LogP) is 3.35. The monoisotopic (exact) mass is 399 g/mol. The fraction of sp³-hybridized carbons (Fsp3) is 0.368. The molecule has 0 saturated carbocycles. The second-order valence-electron chi connectivity index (χ2n) is 6.65. The summed E-state index contributed by atoms with van der Waals surface area (Å²) in [6.07, 6.45) is 0.471. The fourth-order valence-corrected chi connectivity index (χ4v) is 3.62. The van der Waals surface area contributed by atoms with Crippen molar-refractivity contribution in [3.8, 4) is 0 Å². The summed E-state index contributed by atoms with van der Waals surface area (Å²) in [6, 6.07) is 4.94. The molecular weight excluding hydrogens is 383 g/mol. The number of aromatic nitrogens is 1. The quantitative estimate of drug-likeness (QED) is 0.756. The van der Waals surface area contributed by atoms with E-state index in [0.29, 0.717) is 0 Å². The number of pyridine rings is 1. The maximum Gasteiger partial charge on any atom is 0.195 e. The van der Waals surface area contributed by atoms with E-state index in [0.717, 1.165) is 6.07 Å². The van der Waals surface area contributed by atoms with Crippen molar-refractivity contribution in [1.29, 1.82) is 0 Å². The zero-order valence-corrected chi connectivity index (χ0v) is 14.9. The van der Waals surface area contributed by atoms with Gasteiger partial charge in [0, 0.05) is 18.2 Å². The van der Waals surface area contributed by atoms with Gasteiger partial charge < -0.3 is 10.2 Å². The smallest absolute Gasteiger partial charge is 0.195 e. The van der Waals surface area contributed by atoms with Crippen LogP contribution in [0.5, 0.6) is 0 Å². The predicted molar refractivity (Wildman–Crippen MR) is 91.9 cm³/mol. The molecule has 0 aliphatic heterocycles. The van der Waals surface area contributed by atoms with Gasteiger partial charge in [0.05, 0.1) is 17.3 Å². The number of aliphatic hydroxyl groups is 2. The minimum atomic E-state index is -2.39. The first-order valence-electron chi connectivity index (χ1n) is 8.37. The lowest BCUT2D eigenvalue weighted by Gasteiger charge is -2.38. The molecule has 144 valence electrons. The molecule has 0 amide bonds. The molecular formula is C19H17ClF3NO3. The van der Waals surface area contributed by atoms with Crippen molar-refractivity contribution in [2.45, 2.75) is 37.0 Å². The molecule has 1 heterocycles. The molecule has 0 radical (unpaired) electrons. The van der Waals surface area contributed by atoms with E-state index in [2.05, 4.69) is 4.98 Å². The highest BCUT2D eigenvalue weighted by Gasteiger charge is 2.51. The number of rotatable bonds is 5. The third-order valence-corrected chi connectivity index (χ3v) is 5.41. The average Bonchev–Trinajstić information content (AvgIpc) is 2.68. The first kappa shape index (κ1) is 19.8. The number of benzene rings is 1. The summed E-state index contributed by atoms with van der Waals surface area (Å²) < 4.78 is 42.3. The van der Waals surface area contributed by atoms with Crippen LogP contribution in [0.3, 0.4) is 0 Å². The number of carbonyl (C=O) groups is 1. The number of carbonyl (C=O) groups excluding carboxylic acids is 1. The number of nitrogens with zero attached hydrogens (tertiary/aromatic N) is 1. The number of halogens is 4. The number of hydrogen-bond acceptors (Lipinski definition) is 4. The summed E-state index contributed by atoms with van der Waals surface area (Å²) >= 11 is 5.75. The van der Waals surface area contributed by atoms with E-state index in [4.69, 9.17) is 11.6 Å². The van der Waals surface area contributed by atoms with Crippen molar-refractivity contribution in [2.24, 2.45) is 0 Å². The van der Waals surface area contributed by atoms with Crippen molar-refractivity contribution < 1.29 is 28.2 Å². The van der Waals surface area contributed by atoms with Crippen LogP contribution in [0.15, 0.2) is 30.5 Å². The van der Waals surface area contributed by atoms with E-state index in [-0.39, 0.29) is 42.5 Å². The van der Waals surface area contributed by atoms with Gasteiger partial charge in [0.2, 0.25) is 0 Å². The Bertz CT molecular complexity index is 894. The molecule has 0 fully saturated rings. The van der Waals surface area contributed by atoms with Gasteiger partial charge in [-0.05, 0) is 37.0 Å². The molecule has 0 saturated heterocycles. The lowest BCUT2D eigenvalue weighted by Crippen LogP contribution is -2.45. The second kappa shape index (κ2) is 7.22. The molecule has 8 heteroatoms. The van der Waals surface area contributed by atoms with Gasteiger partial charge in [0.25, 0.3) is 0 Å². The summed E-state index contributed by atoms with van der Waals surface area (Å²) in [7, 11) is 0. The number of fused-ring (bicyclic) bond motifs is 1. The number of aryl methyl sites for hydroxylation is 1. The molecule has 1 aromatic carbocycles. The summed E-state index contributed by atoms with van der Waals surface area (Å²) in [5, 5.41) is 19.5. The first-order valence-corrected chi connectivity index (χ1v) is 8.74. The summed E-state index contributed by atoms with van der Waals surface area (Å²) in [5.74, 6) is -3.10. The van der Waals surface area contributed by atoms with Crippen LogP contribution in [0, 0.1) is 11.6 Å². The molecule has 1 aromatic heterocycles. The molecule has 0 spiro atoms. The number of aliphatic hydroxyl groups excluding tert-OH is 1. The second-order valence-corrected chi connectivity index (χ2v) is 7.03. The molecule has 0 bridgehead atoms. The number of Topliss-reactive ketones (excluding diaryl/α,β-unsaturated/α-hetero) is 1. The molecule has 1 aliphatic carbocycles. The van der Waals surface area contributed by atoms with Gasteiger partial charge in [-0.1, -0.05) is 23.7 Å². The minimum absolute atomic E-state index is 0.0690. The number of ketones is 1. The minimum Gasteiger partial charge on any atom is -0.393 e. The van der Waals surface area contributed by atoms with Gasteiger partial charge in [-0.25, -0.2) is 13.2 Å². The summed E-state index contributed by atoms with van der Waals surface area (Å²) in [4.78, 5) is 16.6. The molecule has 0 unspecified atom stereocenters. The molecule has 2 aromatic rings. The van der Waals surface area contributed by atoms with Crippen LogP contribution in [-0.2, 0) is 22.5 Å². The van der Waals surface area contributed by atoms with Gasteiger partial charge in [0.1, 0.15) is 5.60 Å². The van der Waals surface area contributed by atoms with Crippen LogP contribution in [-0.4, -0.2) is 27.6 Å². The Morgan fingerprint density at radius 1 is 1.26 bits per heavy atom. The van der Waals surface area contributed by atoms with E-state index in [1.807, 2.05) is 0 Å². The van der Waals surface area contributed by atoms with Crippen LogP contribution < -0.4 is 0 Å². The highest BCUT2D eigenvalue weighted by atomic mass is 35.5. The van der Waals surface area contributed by atoms with Gasteiger partial charge >= 0.3 is 0 Å². The Labute approximate surface area is 158 Å². The van der Waals surface area contributed by atoms with E-state index >= 15 is 4.39 Å². The number of hydrogen-bond donors (Lipinski definition) is 2. The Hall–Kier alpha value is -1.96. The first-order chi connectivity index (χ1) is 12.7. The topological polar surface area (TPSA) is 70.4 Å². The van der Waals surface area contributed by atoms with E-state index in [1.54, 1.807) is 0 Å². The SMILES string of the molecule is O=C(CCc1ccc(F)c(F)c1Cl)[C@]1(F)CC[C@@](O)(CO)c2ncccc21. The highest BCUT2D eigenvalue weighted by molar-refractivity contribution is 6.31. The number of alkyl halides is 1. The van der Waals surface area contributed by atoms with Crippen molar-refractivity contribution in [2.75, 3.05) is 6.61 Å². The van der Waals surface area contributed by atoms with Crippen molar-refractivity contribution in [1.82, 2.24) is 4.98 Å². The summed E-state index contributed by atoms with van der Waals surface area (Å²) in [6.45, 7) is -0.647. The van der Waals surface area contributed by atoms with Crippen LogP contribution >= 0.6 is 11.6 Å². The standard InChI is InChI=1S/C19H17ClF3NO3/c20-15-11(3-5-13(21)16(15)22)4-6-14(26)19(23)8-7-18(27,10-25)17-12(19)2-1-9-24-17/h1-3,5,9,25,27H,4,6-8,10H2/t18-,19+/m1/s1. The summed E-state index contributed by atoms with van der Waals surface area (Å²) in [5.41, 5.74) is -4.07. The Kier molecular flexibility index (Phi) is 5.29. The van der Waals surface area contributed by atoms with Gasteiger partial charge in [0.15, 0.2) is 23.1 Å². The fourth-order valence-electron chi connectivity index (χ4n) is 3.38.